The van der Waals surface area contributed by atoms with Crippen molar-refractivity contribution in [3.05, 3.63) is 12.7 Å². The van der Waals surface area contributed by atoms with Gasteiger partial charge in [-0.05, 0) is 36.7 Å². The van der Waals surface area contributed by atoms with E-state index in [1.54, 1.807) is 0 Å². The van der Waals surface area contributed by atoms with Gasteiger partial charge < -0.3 is 9.22 Å². The molecule has 2 bridgehead atoms. The topological polar surface area (TPSA) is 26.3 Å². The lowest BCUT2D eigenvalue weighted by Gasteiger charge is -2.38. The summed E-state index contributed by atoms with van der Waals surface area (Å²) in [5.41, 5.74) is 0.451. The Labute approximate surface area is 123 Å². The van der Waals surface area contributed by atoms with E-state index in [0.29, 0.717) is 22.4 Å². The maximum atomic E-state index is 12.2. The summed E-state index contributed by atoms with van der Waals surface area (Å²) >= 11 is 0. The van der Waals surface area contributed by atoms with Gasteiger partial charge in [-0.25, -0.2) is 4.79 Å². The number of hydrogen-bond acceptors (Lipinski definition) is 2. The molecule has 0 aliphatic heterocycles. The normalized spacial score (nSPS) is 35.0. The van der Waals surface area contributed by atoms with Crippen molar-refractivity contribution < 1.29 is 14.0 Å². The Morgan fingerprint density at radius 1 is 1.40 bits per heavy atom. The molecular weight excluding hydrogens is 250 g/mol. The zero-order chi connectivity index (χ0) is 15.2. The Morgan fingerprint density at radius 2 is 2.05 bits per heavy atom. The summed E-state index contributed by atoms with van der Waals surface area (Å²) in [6.45, 7) is 11.9. The molecule has 2 saturated carbocycles. The summed E-state index contributed by atoms with van der Waals surface area (Å²) < 4.78 is 6.49. The Hall–Kier alpha value is -0.830. The van der Waals surface area contributed by atoms with Crippen molar-refractivity contribution in [2.24, 2.45) is 16.7 Å². The molecule has 0 amide bonds. The number of fused-ring (bicyclic) bond motifs is 2. The van der Waals surface area contributed by atoms with E-state index in [1.807, 2.05) is 20.2 Å². The zero-order valence-electron chi connectivity index (χ0n) is 13.7. The van der Waals surface area contributed by atoms with Crippen LogP contribution in [0.25, 0.3) is 0 Å². The summed E-state index contributed by atoms with van der Waals surface area (Å²) in [7, 11) is 4.07. The van der Waals surface area contributed by atoms with Gasteiger partial charge in [0.05, 0.1) is 20.6 Å². The molecule has 3 nitrogen and oxygen atoms in total. The second-order valence-corrected chi connectivity index (χ2v) is 8.15. The van der Waals surface area contributed by atoms with Crippen LogP contribution in [-0.2, 0) is 9.53 Å². The quantitative estimate of drug-likeness (QED) is 0.439. The maximum absolute atomic E-state index is 12.2. The fraction of sp³-hybridized carbons (Fsp3) is 0.824. The zero-order valence-corrected chi connectivity index (χ0v) is 13.7. The van der Waals surface area contributed by atoms with Crippen LogP contribution in [-0.4, -0.2) is 43.7 Å². The number of quaternary nitrogens is 1. The highest BCUT2D eigenvalue weighted by molar-refractivity contribution is 5.71. The Morgan fingerprint density at radius 3 is 2.50 bits per heavy atom. The molecule has 0 aromatic heterocycles. The molecule has 2 aliphatic carbocycles. The molecule has 2 aliphatic rings. The molecule has 0 aromatic rings. The lowest BCUT2D eigenvalue weighted by atomic mass is 9.70. The average Bonchev–Trinajstić information content (AvgIpc) is 2.60. The van der Waals surface area contributed by atoms with E-state index in [0.717, 1.165) is 13.0 Å². The molecule has 20 heavy (non-hydrogen) atoms. The van der Waals surface area contributed by atoms with Crippen LogP contribution in [0.1, 0.15) is 40.0 Å². The van der Waals surface area contributed by atoms with Crippen molar-refractivity contribution in [2.45, 2.75) is 46.1 Å². The summed E-state index contributed by atoms with van der Waals surface area (Å²) in [5.74, 6) is 0.646. The number of hydrogen-bond donors (Lipinski definition) is 0. The fourth-order valence-corrected chi connectivity index (χ4v) is 4.27. The van der Waals surface area contributed by atoms with E-state index in [1.165, 1.54) is 12.8 Å². The summed E-state index contributed by atoms with van der Waals surface area (Å²) in [6, 6.07) is 0. The molecule has 3 heteroatoms. The first-order valence-corrected chi connectivity index (χ1v) is 7.75. The van der Waals surface area contributed by atoms with Crippen LogP contribution in [0, 0.1) is 16.7 Å². The molecule has 0 heterocycles. The van der Waals surface area contributed by atoms with E-state index in [-0.39, 0.29) is 17.5 Å². The molecular formula is C17H30NO2+. The first-order valence-electron chi connectivity index (χ1n) is 7.75. The van der Waals surface area contributed by atoms with Crippen LogP contribution in [0.15, 0.2) is 12.7 Å². The lowest BCUT2D eigenvalue weighted by molar-refractivity contribution is -0.877. The van der Waals surface area contributed by atoms with Gasteiger partial charge in [0.25, 0.3) is 0 Å². The van der Waals surface area contributed by atoms with Crippen molar-refractivity contribution >= 4 is 5.97 Å². The van der Waals surface area contributed by atoms with Gasteiger partial charge in [-0.15, -0.1) is 0 Å². The third kappa shape index (κ3) is 2.41. The number of rotatable bonds is 5. The van der Waals surface area contributed by atoms with E-state index < -0.39 is 0 Å². The lowest BCUT2D eigenvalue weighted by Crippen LogP contribution is -2.46. The predicted octanol–water partition coefficient (Wildman–Crippen LogP) is 3.01. The minimum Gasteiger partial charge on any atom is -0.458 e. The Balaban J connectivity index is 1.99. The smallest absolute Gasteiger partial charge is 0.362 e. The van der Waals surface area contributed by atoms with Gasteiger partial charge in [0.15, 0.2) is 6.54 Å². The van der Waals surface area contributed by atoms with Gasteiger partial charge in [-0.2, -0.15) is 0 Å². The molecule has 0 spiro atoms. The highest BCUT2D eigenvalue weighted by Crippen LogP contribution is 2.66. The van der Waals surface area contributed by atoms with E-state index in [4.69, 9.17) is 4.74 Å². The van der Waals surface area contributed by atoms with Gasteiger partial charge >= 0.3 is 5.97 Å². The predicted molar refractivity (Wildman–Crippen MR) is 81.1 cm³/mol. The van der Waals surface area contributed by atoms with Gasteiger partial charge in [0.2, 0.25) is 0 Å². The molecule has 0 unspecified atom stereocenters. The first-order chi connectivity index (χ1) is 9.12. The maximum Gasteiger partial charge on any atom is 0.362 e. The highest BCUT2D eigenvalue weighted by Gasteiger charge is 2.62. The number of esters is 1. The van der Waals surface area contributed by atoms with Crippen LogP contribution in [0.4, 0.5) is 0 Å². The molecule has 114 valence electrons. The minimum atomic E-state index is -0.0635. The van der Waals surface area contributed by atoms with E-state index in [2.05, 4.69) is 27.4 Å². The van der Waals surface area contributed by atoms with Crippen LogP contribution in [0.2, 0.25) is 0 Å². The summed E-state index contributed by atoms with van der Waals surface area (Å²) in [4.78, 5) is 12.2. The number of carbonyl (C=O) groups is 1. The largest absolute Gasteiger partial charge is 0.458 e. The van der Waals surface area contributed by atoms with Crippen molar-refractivity contribution in [1.29, 1.82) is 0 Å². The molecule has 0 radical (unpaired) electrons. The molecule has 3 atom stereocenters. The molecule has 0 aromatic carbocycles. The average molecular weight is 280 g/mol. The SMILES string of the molecule is C=CC[N+](C)(C)CC(=O)O[C@@H]1C[C@H]2CC[C@@]1(C)C2(C)C. The van der Waals surface area contributed by atoms with Crippen LogP contribution in [0.5, 0.6) is 0 Å². The van der Waals surface area contributed by atoms with Gasteiger partial charge in [-0.3, -0.25) is 0 Å². The third-order valence-corrected chi connectivity index (χ3v) is 6.17. The van der Waals surface area contributed by atoms with Gasteiger partial charge in [0.1, 0.15) is 6.10 Å². The van der Waals surface area contributed by atoms with Crippen LogP contribution >= 0.6 is 0 Å². The van der Waals surface area contributed by atoms with Gasteiger partial charge in [-0.1, -0.05) is 27.4 Å². The standard InChI is InChI=1S/C17H30NO2/c1-7-10-18(5,6)12-15(19)20-14-11-13-8-9-17(14,4)16(13,2)3/h7,13-14H,1,8-12H2,2-6H3/q+1/t13-,14-,17-/m1/s1. The summed E-state index contributed by atoms with van der Waals surface area (Å²) in [5, 5.41) is 0. The van der Waals surface area contributed by atoms with Crippen molar-refractivity contribution in [1.82, 2.24) is 0 Å². The van der Waals surface area contributed by atoms with Crippen LogP contribution in [0.3, 0.4) is 0 Å². The van der Waals surface area contributed by atoms with Crippen molar-refractivity contribution in [2.75, 3.05) is 27.2 Å². The number of carbonyl (C=O) groups excluding carboxylic acids is 1. The van der Waals surface area contributed by atoms with Gasteiger partial charge in [0, 0.05) is 5.41 Å². The minimum absolute atomic E-state index is 0.0635. The third-order valence-electron chi connectivity index (χ3n) is 6.17. The first kappa shape index (κ1) is 15.6. The monoisotopic (exact) mass is 280 g/mol. The Bertz CT molecular complexity index is 413. The highest BCUT2D eigenvalue weighted by atomic mass is 16.5. The molecule has 0 N–H and O–H groups in total. The number of nitrogens with zero attached hydrogens (tertiary/aromatic N) is 1. The summed E-state index contributed by atoms with van der Waals surface area (Å²) in [6.07, 6.45) is 5.48. The number of ether oxygens (including phenoxy) is 1. The second kappa shape index (κ2) is 4.87. The molecule has 0 saturated heterocycles. The number of likely N-dealkylation sites (N-methyl/N-ethyl adjacent to an activating group) is 1. The van der Waals surface area contributed by atoms with Crippen LogP contribution < -0.4 is 0 Å². The van der Waals surface area contributed by atoms with E-state index in [9.17, 15) is 4.79 Å². The second-order valence-electron chi connectivity index (χ2n) is 8.15. The fourth-order valence-electron chi connectivity index (χ4n) is 4.27. The Kier molecular flexibility index (Phi) is 3.79. The van der Waals surface area contributed by atoms with Crippen molar-refractivity contribution in [3.8, 4) is 0 Å². The van der Waals surface area contributed by atoms with Crippen molar-refractivity contribution in [3.63, 3.8) is 0 Å². The molecule has 2 fully saturated rings. The molecule has 2 rings (SSSR count). The van der Waals surface area contributed by atoms with E-state index >= 15 is 0 Å².